The summed E-state index contributed by atoms with van der Waals surface area (Å²) in [7, 11) is 1.72. The zero-order valence-electron chi connectivity index (χ0n) is 15.6. The van der Waals surface area contributed by atoms with Gasteiger partial charge in [0.1, 0.15) is 18.0 Å². The largest absolute Gasteiger partial charge is 0.494 e. The van der Waals surface area contributed by atoms with Crippen molar-refractivity contribution in [3.63, 3.8) is 0 Å². The van der Waals surface area contributed by atoms with Crippen molar-refractivity contribution in [3.05, 3.63) is 59.4 Å². The number of allylic oxidation sites excluding steroid dienone is 3. The average Bonchev–Trinajstić information content (AvgIpc) is 3.36. The molecule has 0 spiro atoms. The molecule has 0 amide bonds. The Hall–Kier alpha value is -2.36. The van der Waals surface area contributed by atoms with E-state index in [0.717, 1.165) is 35.8 Å². The van der Waals surface area contributed by atoms with Gasteiger partial charge < -0.3 is 9.72 Å². The molecule has 0 atom stereocenters. The summed E-state index contributed by atoms with van der Waals surface area (Å²) in [4.78, 5) is 8.04. The number of rotatable bonds is 3. The summed E-state index contributed by atoms with van der Waals surface area (Å²) in [6, 6.07) is 4.03. The second-order valence-electron chi connectivity index (χ2n) is 7.34. The molecule has 0 aliphatic carbocycles. The third-order valence-electron chi connectivity index (χ3n) is 5.42. The molecule has 4 rings (SSSR count). The molecule has 4 heteroatoms. The van der Waals surface area contributed by atoms with E-state index in [9.17, 15) is 0 Å². The summed E-state index contributed by atoms with van der Waals surface area (Å²) in [5, 5.41) is 0. The van der Waals surface area contributed by atoms with E-state index in [0.29, 0.717) is 0 Å². The van der Waals surface area contributed by atoms with Gasteiger partial charge in [0.2, 0.25) is 0 Å². The van der Waals surface area contributed by atoms with Crippen LogP contribution in [0, 0.1) is 0 Å². The molecule has 0 fully saturated rings. The first-order chi connectivity index (χ1) is 12.8. The molecule has 1 aromatic heterocycles. The maximum Gasteiger partial charge on any atom is 0.187 e. The molecule has 1 N–H and O–H groups in total. The Morgan fingerprint density at radius 1 is 1.15 bits per heavy atom. The van der Waals surface area contributed by atoms with Gasteiger partial charge in [-0.1, -0.05) is 19.3 Å². The van der Waals surface area contributed by atoms with Crippen LogP contribution in [-0.4, -0.2) is 34.6 Å². The van der Waals surface area contributed by atoms with Crippen molar-refractivity contribution in [2.24, 2.45) is 4.99 Å². The van der Waals surface area contributed by atoms with Crippen LogP contribution in [0.1, 0.15) is 57.1 Å². The van der Waals surface area contributed by atoms with Crippen LogP contribution in [0.5, 0.6) is 0 Å². The van der Waals surface area contributed by atoms with Crippen LogP contribution in [0.2, 0.25) is 0 Å². The van der Waals surface area contributed by atoms with E-state index in [1.807, 2.05) is 24.4 Å². The predicted octanol–water partition coefficient (Wildman–Crippen LogP) is 4.72. The molecule has 0 saturated carbocycles. The van der Waals surface area contributed by atoms with Gasteiger partial charge in [-0.05, 0) is 31.4 Å². The Bertz CT molecular complexity index is 806. The minimum absolute atomic E-state index is 0.844. The Morgan fingerprint density at radius 3 is 2.81 bits per heavy atom. The Morgan fingerprint density at radius 2 is 2.00 bits per heavy atom. The molecule has 1 aromatic rings. The summed E-state index contributed by atoms with van der Waals surface area (Å²) in [6.07, 6.45) is 18.9. The monoisotopic (exact) mass is 350 g/mol. The van der Waals surface area contributed by atoms with E-state index in [2.05, 4.69) is 21.8 Å². The van der Waals surface area contributed by atoms with Crippen LogP contribution in [0.3, 0.4) is 0 Å². The van der Waals surface area contributed by atoms with E-state index in [4.69, 9.17) is 9.73 Å². The van der Waals surface area contributed by atoms with Gasteiger partial charge in [-0.2, -0.15) is 0 Å². The third kappa shape index (κ3) is 3.74. The van der Waals surface area contributed by atoms with Gasteiger partial charge >= 0.3 is 0 Å². The SMILES string of the molecule is COC1=CC(c2ccc[nH]2)=NC1=CC1=[N+]2C=C(CCCCCCCC2)C1. The van der Waals surface area contributed by atoms with E-state index >= 15 is 0 Å². The molecular formula is C22H28N3O+. The summed E-state index contributed by atoms with van der Waals surface area (Å²) in [5.41, 5.74) is 5.81. The lowest BCUT2D eigenvalue weighted by molar-refractivity contribution is -0.454. The van der Waals surface area contributed by atoms with Gasteiger partial charge in [-0.3, -0.25) is 0 Å². The molecule has 26 heavy (non-hydrogen) atoms. The first-order valence-corrected chi connectivity index (χ1v) is 9.86. The lowest BCUT2D eigenvalue weighted by Gasteiger charge is -2.04. The van der Waals surface area contributed by atoms with Gasteiger partial charge in [0.15, 0.2) is 11.9 Å². The first-order valence-electron chi connectivity index (χ1n) is 9.86. The molecule has 0 saturated heterocycles. The number of H-pyrrole nitrogens is 1. The highest BCUT2D eigenvalue weighted by Gasteiger charge is 2.25. The van der Waals surface area contributed by atoms with E-state index in [1.54, 1.807) is 12.7 Å². The number of fused-ring (bicyclic) bond motifs is 1. The molecule has 4 heterocycles. The van der Waals surface area contributed by atoms with Crippen LogP contribution in [0.15, 0.2) is 58.7 Å². The number of ether oxygens (including phenoxy) is 1. The van der Waals surface area contributed by atoms with Crippen molar-refractivity contribution in [2.75, 3.05) is 13.7 Å². The Balaban J connectivity index is 1.60. The fraction of sp³-hybridized carbons (Fsp3) is 0.455. The number of nitrogens with zero attached hydrogens (tertiary/aromatic N) is 2. The molecule has 3 aliphatic rings. The molecule has 0 aromatic carbocycles. The minimum atomic E-state index is 0.844. The minimum Gasteiger partial charge on any atom is -0.494 e. The molecule has 2 bridgehead atoms. The number of hydrogen-bond donors (Lipinski definition) is 1. The van der Waals surface area contributed by atoms with Gasteiger partial charge in [0, 0.05) is 30.3 Å². The maximum atomic E-state index is 5.60. The van der Waals surface area contributed by atoms with Crippen molar-refractivity contribution in [1.29, 1.82) is 0 Å². The molecule has 3 aliphatic heterocycles. The van der Waals surface area contributed by atoms with Gasteiger partial charge in [0.25, 0.3) is 0 Å². The second kappa shape index (κ2) is 7.90. The smallest absolute Gasteiger partial charge is 0.187 e. The van der Waals surface area contributed by atoms with Crippen LogP contribution in [0.25, 0.3) is 0 Å². The lowest BCUT2D eigenvalue weighted by Crippen LogP contribution is -2.12. The van der Waals surface area contributed by atoms with Crippen molar-refractivity contribution < 1.29 is 9.31 Å². The van der Waals surface area contributed by atoms with Crippen molar-refractivity contribution >= 4 is 11.4 Å². The topological polar surface area (TPSA) is 40.4 Å². The molecule has 136 valence electrons. The average molecular weight is 350 g/mol. The quantitative estimate of drug-likeness (QED) is 0.788. The Labute approximate surface area is 155 Å². The molecular weight excluding hydrogens is 322 g/mol. The number of aliphatic imine (C=N–C) groups is 1. The standard InChI is InChI=1S/C22H27N3O/c1-26-22-15-20(19-10-8-11-23-19)24-21(22)14-18-13-17-9-6-4-2-3-5-7-12-25(18)16-17/h8,10-11,14-16H,2-7,9,12-13H2,1H3/p+1. The molecule has 4 nitrogen and oxygen atoms in total. The van der Waals surface area contributed by atoms with Crippen LogP contribution >= 0.6 is 0 Å². The molecule has 0 radical (unpaired) electrons. The maximum absolute atomic E-state index is 5.60. The van der Waals surface area contributed by atoms with Crippen LogP contribution in [-0.2, 0) is 4.74 Å². The highest BCUT2D eigenvalue weighted by molar-refractivity contribution is 6.11. The van der Waals surface area contributed by atoms with Crippen LogP contribution < -0.4 is 0 Å². The first kappa shape index (κ1) is 17.1. The highest BCUT2D eigenvalue weighted by Crippen LogP contribution is 2.26. The fourth-order valence-electron chi connectivity index (χ4n) is 3.99. The summed E-state index contributed by atoms with van der Waals surface area (Å²) in [6.45, 7) is 1.11. The van der Waals surface area contributed by atoms with E-state index in [-0.39, 0.29) is 0 Å². The molecule has 0 unspecified atom stereocenters. The number of nitrogens with one attached hydrogen (secondary N) is 1. The third-order valence-corrected chi connectivity index (χ3v) is 5.42. The fourth-order valence-corrected chi connectivity index (χ4v) is 3.99. The number of methoxy groups -OCH3 is 1. The van der Waals surface area contributed by atoms with Crippen molar-refractivity contribution in [3.8, 4) is 0 Å². The number of aromatic amines is 1. The second-order valence-corrected chi connectivity index (χ2v) is 7.34. The Kier molecular flexibility index (Phi) is 5.19. The van der Waals surface area contributed by atoms with Gasteiger partial charge in [-0.15, -0.1) is 0 Å². The summed E-state index contributed by atoms with van der Waals surface area (Å²) >= 11 is 0. The van der Waals surface area contributed by atoms with Crippen LogP contribution in [0.4, 0.5) is 0 Å². The van der Waals surface area contributed by atoms with Gasteiger partial charge in [-0.25, -0.2) is 9.57 Å². The normalized spacial score (nSPS) is 22.8. The zero-order valence-corrected chi connectivity index (χ0v) is 15.6. The number of aromatic nitrogens is 1. The lowest BCUT2D eigenvalue weighted by atomic mass is 10.0. The van der Waals surface area contributed by atoms with E-state index in [1.165, 1.54) is 50.7 Å². The summed E-state index contributed by atoms with van der Waals surface area (Å²) < 4.78 is 8.04. The van der Waals surface area contributed by atoms with Gasteiger partial charge in [0.05, 0.1) is 24.9 Å². The summed E-state index contributed by atoms with van der Waals surface area (Å²) in [5.74, 6) is 0.844. The predicted molar refractivity (Wildman–Crippen MR) is 106 cm³/mol. The number of hydrogen-bond acceptors (Lipinski definition) is 2. The van der Waals surface area contributed by atoms with E-state index < -0.39 is 0 Å². The van der Waals surface area contributed by atoms with Crippen molar-refractivity contribution in [1.82, 2.24) is 4.98 Å². The highest BCUT2D eigenvalue weighted by atomic mass is 16.5. The van der Waals surface area contributed by atoms with Crippen molar-refractivity contribution in [2.45, 2.75) is 51.4 Å². The zero-order chi connectivity index (χ0) is 17.8.